The van der Waals surface area contributed by atoms with E-state index in [1.165, 1.54) is 25.6 Å². The number of fused-ring (bicyclic) bond motifs is 1. The average Bonchev–Trinajstić information content (AvgIpc) is 3.46. The molecule has 0 aliphatic carbocycles. The number of thiophene rings is 1. The molecule has 0 aliphatic rings. The molecule has 10 heteroatoms. The van der Waals surface area contributed by atoms with Gasteiger partial charge in [0.15, 0.2) is 17.3 Å². The molecule has 34 heavy (non-hydrogen) atoms. The maximum Gasteiger partial charge on any atom is 1.00 e. The van der Waals surface area contributed by atoms with E-state index in [1.54, 1.807) is 42.5 Å². The predicted octanol–water partition coefficient (Wildman–Crippen LogP) is 0.712. The summed E-state index contributed by atoms with van der Waals surface area (Å²) in [5.74, 6) is -0.777. The minimum Gasteiger partial charge on any atom is -0.545 e. The molecule has 0 radical (unpaired) electrons. The van der Waals surface area contributed by atoms with Crippen LogP contribution in [0.25, 0.3) is 16.6 Å². The number of hydrogen-bond acceptors (Lipinski definition) is 9. The van der Waals surface area contributed by atoms with Gasteiger partial charge < -0.3 is 19.4 Å². The largest absolute Gasteiger partial charge is 1.00 e. The molecule has 0 aliphatic heterocycles. The number of allylic oxidation sites excluding steroid dienone is 1. The molecular weight excluding hydrogens is 483 g/mol. The number of aryl methyl sites for hydroxylation is 1. The number of benzene rings is 2. The van der Waals surface area contributed by atoms with Crippen molar-refractivity contribution in [2.45, 2.75) is 13.3 Å². The minimum atomic E-state index is -1.44. The second kappa shape index (κ2) is 11.2. The molecule has 2 aromatic heterocycles. The monoisotopic (exact) mass is 502 g/mol. The molecular formula is C24H19N2NaO5S2. The standard InChI is InChI=1S/C24H20N2O5S2.Na/c1-13-8-21(32-12-13)23(27)16(9-14-4-7-19(30-2)20(10-14)31-3)22(24(28)29)15-5-6-17-18(11-15)26-33-25-17;/h4-8,10-12H,9H2,1-3H3,(H,28,29);/q;+1/p-1. The van der Waals surface area contributed by atoms with Crippen LogP contribution < -0.4 is 44.1 Å². The third kappa shape index (κ3) is 5.39. The first kappa shape index (κ1) is 26.1. The van der Waals surface area contributed by atoms with Crippen LogP contribution in [0.4, 0.5) is 0 Å². The quantitative estimate of drug-likeness (QED) is 0.199. The number of ether oxygens (including phenoxy) is 2. The number of Topliss-reactive ketones (excluding diaryl/α,β-unsaturated/α-hetero) is 1. The maximum atomic E-state index is 13.6. The molecule has 0 atom stereocenters. The normalized spacial score (nSPS) is 11.5. The van der Waals surface area contributed by atoms with E-state index in [2.05, 4.69) is 8.75 Å². The fraction of sp³-hybridized carbons (Fsp3) is 0.167. The van der Waals surface area contributed by atoms with Crippen molar-refractivity contribution in [3.63, 3.8) is 0 Å². The second-order valence-corrected chi connectivity index (χ2v) is 8.73. The fourth-order valence-corrected chi connectivity index (χ4v) is 4.91. The number of nitrogens with zero attached hydrogens (tertiary/aromatic N) is 2. The molecule has 0 saturated heterocycles. The Morgan fingerprint density at radius 1 is 0.971 bits per heavy atom. The zero-order chi connectivity index (χ0) is 23.5. The van der Waals surface area contributed by atoms with E-state index in [1.807, 2.05) is 12.3 Å². The molecule has 4 rings (SSSR count). The van der Waals surface area contributed by atoms with Crippen LogP contribution in [0.5, 0.6) is 11.5 Å². The van der Waals surface area contributed by atoms with Gasteiger partial charge in [0.25, 0.3) is 0 Å². The van der Waals surface area contributed by atoms with E-state index in [-0.39, 0.29) is 52.9 Å². The van der Waals surface area contributed by atoms with Gasteiger partial charge in [-0.2, -0.15) is 8.75 Å². The zero-order valence-corrected chi connectivity index (χ0v) is 22.7. The van der Waals surface area contributed by atoms with Crippen molar-refractivity contribution < 1.29 is 53.7 Å². The minimum absolute atomic E-state index is 0. The van der Waals surface area contributed by atoms with Crippen LogP contribution in [-0.2, 0) is 11.2 Å². The fourth-order valence-electron chi connectivity index (χ4n) is 3.53. The van der Waals surface area contributed by atoms with Gasteiger partial charge in [0, 0.05) is 17.6 Å². The molecule has 0 N–H and O–H groups in total. The number of carboxylic acid groups (broad SMARTS) is 1. The van der Waals surface area contributed by atoms with Crippen molar-refractivity contribution in [3.05, 3.63) is 75.0 Å². The number of aliphatic carboxylic acids is 1. The summed E-state index contributed by atoms with van der Waals surface area (Å²) in [4.78, 5) is 26.4. The van der Waals surface area contributed by atoms with E-state index in [9.17, 15) is 14.7 Å². The Morgan fingerprint density at radius 3 is 2.35 bits per heavy atom. The van der Waals surface area contributed by atoms with E-state index in [0.29, 0.717) is 38.5 Å². The number of ketones is 1. The zero-order valence-electron chi connectivity index (χ0n) is 19.1. The molecule has 0 bridgehead atoms. The molecule has 0 fully saturated rings. The summed E-state index contributed by atoms with van der Waals surface area (Å²) in [5, 5.41) is 14.2. The molecule has 168 valence electrons. The third-order valence-electron chi connectivity index (χ3n) is 5.11. The SMILES string of the molecule is COc1ccc(CC(C(=O)c2cc(C)cs2)=C(C(=O)[O-])c2ccc3nsnc3c2)cc1OC.[Na+]. The molecule has 2 heterocycles. The number of rotatable bonds is 8. The van der Waals surface area contributed by atoms with Gasteiger partial charge in [-0.15, -0.1) is 11.3 Å². The summed E-state index contributed by atoms with van der Waals surface area (Å²) in [6.45, 7) is 1.88. The third-order valence-corrected chi connectivity index (χ3v) is 6.71. The first-order valence-electron chi connectivity index (χ1n) is 9.89. The Hall–Kier alpha value is -2.56. The molecule has 0 amide bonds. The van der Waals surface area contributed by atoms with Crippen molar-refractivity contribution in [1.29, 1.82) is 0 Å². The Balaban J connectivity index is 0.00000324. The number of carbonyl (C=O) groups is 2. The molecule has 0 saturated carbocycles. The smallest absolute Gasteiger partial charge is 0.545 e. The van der Waals surface area contributed by atoms with Gasteiger partial charge in [0.2, 0.25) is 0 Å². The topological polar surface area (TPSA) is 101 Å². The Bertz CT molecular complexity index is 1390. The van der Waals surface area contributed by atoms with Crippen molar-refractivity contribution in [3.8, 4) is 11.5 Å². The summed E-state index contributed by atoms with van der Waals surface area (Å²) >= 11 is 2.31. The van der Waals surface area contributed by atoms with Crippen molar-refractivity contribution in [2.24, 2.45) is 0 Å². The molecule has 0 spiro atoms. The van der Waals surface area contributed by atoms with E-state index in [0.717, 1.165) is 17.3 Å². The summed E-state index contributed by atoms with van der Waals surface area (Å²) in [7, 11) is 3.05. The van der Waals surface area contributed by atoms with Gasteiger partial charge >= 0.3 is 29.6 Å². The van der Waals surface area contributed by atoms with E-state index >= 15 is 0 Å². The maximum absolute atomic E-state index is 13.6. The van der Waals surface area contributed by atoms with Crippen molar-refractivity contribution in [1.82, 2.24) is 8.75 Å². The van der Waals surface area contributed by atoms with Crippen LogP contribution in [-0.4, -0.2) is 34.7 Å². The van der Waals surface area contributed by atoms with Gasteiger partial charge in [0.1, 0.15) is 11.0 Å². The van der Waals surface area contributed by atoms with Gasteiger partial charge in [-0.05, 0) is 59.3 Å². The molecule has 4 aromatic rings. The summed E-state index contributed by atoms with van der Waals surface area (Å²) < 4.78 is 19.0. The van der Waals surface area contributed by atoms with Crippen LogP contribution in [0.15, 0.2) is 53.4 Å². The van der Waals surface area contributed by atoms with Crippen LogP contribution in [0.1, 0.15) is 26.4 Å². The van der Waals surface area contributed by atoms with E-state index in [4.69, 9.17) is 9.47 Å². The summed E-state index contributed by atoms with van der Waals surface area (Å²) in [5.41, 5.74) is 3.12. The van der Waals surface area contributed by atoms with Gasteiger partial charge in [0.05, 0.1) is 36.8 Å². The van der Waals surface area contributed by atoms with Crippen LogP contribution in [0, 0.1) is 6.92 Å². The first-order valence-corrected chi connectivity index (χ1v) is 11.5. The molecule has 2 aromatic carbocycles. The number of carboxylic acids is 1. The summed E-state index contributed by atoms with van der Waals surface area (Å²) in [6.07, 6.45) is 0.0623. The van der Waals surface area contributed by atoms with Crippen LogP contribution in [0.3, 0.4) is 0 Å². The number of hydrogen-bond donors (Lipinski definition) is 0. The predicted molar refractivity (Wildman–Crippen MR) is 126 cm³/mol. The number of aromatic nitrogens is 2. The van der Waals surface area contributed by atoms with Gasteiger partial charge in [-0.25, -0.2) is 0 Å². The second-order valence-electron chi connectivity index (χ2n) is 7.29. The Kier molecular flexibility index (Phi) is 8.62. The number of methoxy groups -OCH3 is 2. The van der Waals surface area contributed by atoms with Gasteiger partial charge in [-0.1, -0.05) is 12.1 Å². The molecule has 7 nitrogen and oxygen atoms in total. The van der Waals surface area contributed by atoms with Crippen LogP contribution in [0.2, 0.25) is 0 Å². The van der Waals surface area contributed by atoms with Gasteiger partial charge in [-0.3, -0.25) is 4.79 Å². The Morgan fingerprint density at radius 2 is 1.71 bits per heavy atom. The van der Waals surface area contributed by atoms with Crippen LogP contribution >= 0.6 is 23.1 Å². The average molecular weight is 503 g/mol. The Labute approximate surface area is 226 Å². The summed E-state index contributed by atoms with van der Waals surface area (Å²) in [6, 6.07) is 11.9. The van der Waals surface area contributed by atoms with Crippen molar-refractivity contribution in [2.75, 3.05) is 14.2 Å². The molecule has 0 unspecified atom stereocenters. The number of carbonyl (C=O) groups excluding carboxylic acids is 2. The van der Waals surface area contributed by atoms with E-state index < -0.39 is 5.97 Å². The first-order chi connectivity index (χ1) is 15.9. The van der Waals surface area contributed by atoms with Crippen molar-refractivity contribution >= 4 is 51.4 Å².